The van der Waals surface area contributed by atoms with Gasteiger partial charge in [-0.2, -0.15) is 17.5 Å². The van der Waals surface area contributed by atoms with Crippen molar-refractivity contribution in [3.05, 3.63) is 22.9 Å². The number of hydrogen-bond donors (Lipinski definition) is 0. The minimum absolute atomic E-state index is 0.0819. The van der Waals surface area contributed by atoms with Crippen molar-refractivity contribution in [1.82, 2.24) is 19.3 Å². The van der Waals surface area contributed by atoms with E-state index in [2.05, 4.69) is 19.3 Å². The molecule has 4 nitrogen and oxygen atoms in total. The van der Waals surface area contributed by atoms with Gasteiger partial charge in [0.05, 0.1) is 0 Å². The highest BCUT2D eigenvalue weighted by Gasteiger charge is 2.35. The number of halogens is 4. The Kier molecular flexibility index (Phi) is 3.74. The first kappa shape index (κ1) is 13.5. The first-order chi connectivity index (χ1) is 8.34. The highest BCUT2D eigenvalue weighted by molar-refractivity contribution is 8.00. The predicted octanol–water partition coefficient (Wildman–Crippen LogP) is 3.46. The van der Waals surface area contributed by atoms with Gasteiger partial charge in [0.2, 0.25) is 5.82 Å². The van der Waals surface area contributed by atoms with E-state index >= 15 is 0 Å². The summed E-state index contributed by atoms with van der Waals surface area (Å²) in [4.78, 5) is 10.5. The molecule has 2 aromatic rings. The maximum absolute atomic E-state index is 12.5. The Hall–Kier alpha value is -0.930. The monoisotopic (exact) mass is 312 g/mol. The molecule has 0 fully saturated rings. The average Bonchev–Trinajstić information content (AvgIpc) is 2.61. The smallest absolute Gasteiger partial charge is 0.217 e. The predicted molar refractivity (Wildman–Crippen MR) is 60.8 cm³/mol. The first-order valence-electron chi connectivity index (χ1n) is 4.44. The molecule has 0 radical (unpaired) electrons. The lowest BCUT2D eigenvalue weighted by Crippen LogP contribution is -2.11. The van der Waals surface area contributed by atoms with Crippen molar-refractivity contribution >= 4 is 34.9 Å². The molecule has 0 unspecified atom stereocenters. The van der Waals surface area contributed by atoms with Gasteiger partial charge in [-0.25, -0.2) is 15.0 Å². The summed E-state index contributed by atoms with van der Waals surface area (Å²) in [6.45, 7) is 1.69. The molecule has 2 aromatic heterocycles. The van der Waals surface area contributed by atoms with Crippen LogP contribution in [0.4, 0.5) is 13.2 Å². The van der Waals surface area contributed by atoms with E-state index in [1.165, 1.54) is 6.07 Å². The lowest BCUT2D eigenvalue weighted by molar-refractivity contribution is -0.145. The summed E-state index contributed by atoms with van der Waals surface area (Å²) in [7, 11) is 0. The second kappa shape index (κ2) is 4.98. The van der Waals surface area contributed by atoms with Crippen molar-refractivity contribution in [1.29, 1.82) is 0 Å². The summed E-state index contributed by atoms with van der Waals surface area (Å²) >= 11 is 7.57. The van der Waals surface area contributed by atoms with Crippen LogP contribution in [0.5, 0.6) is 0 Å². The molecule has 96 valence electrons. The molecule has 0 amide bonds. The minimum atomic E-state index is -4.63. The van der Waals surface area contributed by atoms with Crippen molar-refractivity contribution in [3.8, 4) is 0 Å². The van der Waals surface area contributed by atoms with E-state index in [1.54, 1.807) is 6.92 Å². The number of aromatic nitrogens is 4. The van der Waals surface area contributed by atoms with Crippen LogP contribution >= 0.6 is 34.9 Å². The van der Waals surface area contributed by atoms with Gasteiger partial charge in [0.15, 0.2) is 4.34 Å². The van der Waals surface area contributed by atoms with E-state index in [4.69, 9.17) is 11.6 Å². The Labute approximate surface area is 113 Å². The zero-order valence-electron chi connectivity index (χ0n) is 8.69. The second-order valence-electron chi connectivity index (χ2n) is 3.06. The summed E-state index contributed by atoms with van der Waals surface area (Å²) in [5.41, 5.74) is 0. The SMILES string of the molecule is Cc1nsc(Sc2cc(Cl)nc(C(F)(F)F)n2)n1. The molecule has 0 saturated carbocycles. The molecule has 0 spiro atoms. The van der Waals surface area contributed by atoms with Gasteiger partial charge in [0, 0.05) is 6.07 Å². The van der Waals surface area contributed by atoms with Gasteiger partial charge in [0.25, 0.3) is 0 Å². The van der Waals surface area contributed by atoms with E-state index in [9.17, 15) is 13.2 Å². The van der Waals surface area contributed by atoms with Gasteiger partial charge in [-0.1, -0.05) is 11.6 Å². The van der Waals surface area contributed by atoms with Crippen LogP contribution in [-0.4, -0.2) is 19.3 Å². The topological polar surface area (TPSA) is 51.6 Å². The van der Waals surface area contributed by atoms with Crippen LogP contribution in [0.2, 0.25) is 5.15 Å². The fourth-order valence-electron chi connectivity index (χ4n) is 0.985. The summed E-state index contributed by atoms with van der Waals surface area (Å²) in [5, 5.41) is -0.181. The minimum Gasteiger partial charge on any atom is -0.217 e. The zero-order chi connectivity index (χ0) is 13.3. The molecule has 0 N–H and O–H groups in total. The molecule has 0 aliphatic rings. The van der Waals surface area contributed by atoms with Crippen LogP contribution < -0.4 is 0 Å². The highest BCUT2D eigenvalue weighted by Crippen LogP contribution is 2.32. The van der Waals surface area contributed by atoms with Gasteiger partial charge < -0.3 is 0 Å². The lowest BCUT2D eigenvalue weighted by Gasteiger charge is -2.06. The van der Waals surface area contributed by atoms with Crippen LogP contribution in [0.15, 0.2) is 15.4 Å². The molecule has 0 saturated heterocycles. The molecule has 0 aliphatic heterocycles. The van der Waals surface area contributed by atoms with Gasteiger partial charge in [-0.15, -0.1) is 0 Å². The van der Waals surface area contributed by atoms with E-state index in [-0.39, 0.29) is 10.2 Å². The van der Waals surface area contributed by atoms with Crippen molar-refractivity contribution in [2.75, 3.05) is 0 Å². The van der Waals surface area contributed by atoms with Crippen LogP contribution in [-0.2, 0) is 6.18 Å². The molecule has 0 aliphatic carbocycles. The van der Waals surface area contributed by atoms with Crippen molar-refractivity contribution in [2.45, 2.75) is 22.5 Å². The summed E-state index contributed by atoms with van der Waals surface area (Å²) in [6.07, 6.45) is -4.63. The van der Waals surface area contributed by atoms with Crippen molar-refractivity contribution in [3.63, 3.8) is 0 Å². The van der Waals surface area contributed by atoms with Gasteiger partial charge in [-0.05, 0) is 30.2 Å². The summed E-state index contributed by atoms with van der Waals surface area (Å²) in [5.74, 6) is -0.711. The Balaban J connectivity index is 2.31. The normalized spacial score (nSPS) is 11.8. The van der Waals surface area contributed by atoms with Crippen LogP contribution in [0.3, 0.4) is 0 Å². The number of aryl methyl sites for hydroxylation is 1. The molecule has 0 bridgehead atoms. The summed E-state index contributed by atoms with van der Waals surface area (Å²) < 4.78 is 41.8. The number of rotatable bonds is 2. The maximum atomic E-state index is 12.5. The number of alkyl halides is 3. The molecule has 10 heteroatoms. The standard InChI is InChI=1S/C8H4ClF3N4S2/c1-3-13-7(18-16-3)17-5-2-4(9)14-6(15-5)8(10,11)12/h2H,1H3. The van der Waals surface area contributed by atoms with E-state index in [0.717, 1.165) is 23.3 Å². The molecule has 0 aromatic carbocycles. The number of hydrogen-bond acceptors (Lipinski definition) is 6. The molecule has 2 rings (SSSR count). The Morgan fingerprint density at radius 2 is 2.00 bits per heavy atom. The molecular weight excluding hydrogens is 309 g/mol. The third-order valence-electron chi connectivity index (χ3n) is 1.63. The fourth-order valence-corrected chi connectivity index (χ4v) is 2.83. The Morgan fingerprint density at radius 3 is 2.56 bits per heavy atom. The Morgan fingerprint density at radius 1 is 1.28 bits per heavy atom. The fraction of sp³-hybridized carbons (Fsp3) is 0.250. The summed E-state index contributed by atoms with van der Waals surface area (Å²) in [6, 6.07) is 1.25. The number of nitrogens with zero attached hydrogens (tertiary/aromatic N) is 4. The van der Waals surface area contributed by atoms with Crippen molar-refractivity contribution < 1.29 is 13.2 Å². The van der Waals surface area contributed by atoms with Crippen LogP contribution in [0.25, 0.3) is 0 Å². The third-order valence-corrected chi connectivity index (χ3v) is 3.58. The first-order valence-corrected chi connectivity index (χ1v) is 6.41. The molecule has 2 heterocycles. The molecular formula is C8H4ClF3N4S2. The van der Waals surface area contributed by atoms with Crippen molar-refractivity contribution in [2.24, 2.45) is 0 Å². The quantitative estimate of drug-likeness (QED) is 0.795. The average molecular weight is 313 g/mol. The van der Waals surface area contributed by atoms with Gasteiger partial charge >= 0.3 is 6.18 Å². The van der Waals surface area contributed by atoms with E-state index < -0.39 is 12.0 Å². The molecule has 18 heavy (non-hydrogen) atoms. The largest absolute Gasteiger partial charge is 0.451 e. The molecule has 0 atom stereocenters. The van der Waals surface area contributed by atoms with Crippen LogP contribution in [0.1, 0.15) is 11.6 Å². The Bertz CT molecular complexity index is 572. The van der Waals surface area contributed by atoms with E-state index in [0.29, 0.717) is 10.2 Å². The van der Waals surface area contributed by atoms with E-state index in [1.807, 2.05) is 0 Å². The second-order valence-corrected chi connectivity index (χ2v) is 5.47. The highest BCUT2D eigenvalue weighted by atomic mass is 35.5. The third kappa shape index (κ3) is 3.30. The lowest BCUT2D eigenvalue weighted by atomic mass is 10.5. The maximum Gasteiger partial charge on any atom is 0.451 e. The van der Waals surface area contributed by atoms with Gasteiger partial charge in [0.1, 0.15) is 16.0 Å². The van der Waals surface area contributed by atoms with Gasteiger partial charge in [-0.3, -0.25) is 0 Å². The zero-order valence-corrected chi connectivity index (χ0v) is 11.1. The van der Waals surface area contributed by atoms with Crippen LogP contribution in [0, 0.1) is 6.92 Å².